The van der Waals surface area contributed by atoms with Gasteiger partial charge in [0.15, 0.2) is 18.2 Å². The molecule has 0 radical (unpaired) electrons. The van der Waals surface area contributed by atoms with E-state index in [0.717, 1.165) is 6.42 Å². The fourth-order valence-electron chi connectivity index (χ4n) is 1.61. The van der Waals surface area contributed by atoms with Crippen LogP contribution in [0.15, 0.2) is 16.7 Å². The van der Waals surface area contributed by atoms with Crippen molar-refractivity contribution in [3.8, 4) is 5.75 Å². The molecular weight excluding hydrogens is 286 g/mol. The van der Waals surface area contributed by atoms with Gasteiger partial charge in [0.25, 0.3) is 5.91 Å². The molecule has 17 heavy (non-hydrogen) atoms. The lowest BCUT2D eigenvalue weighted by atomic mass is 10.2. The SMILES string of the molecule is CCC(N)CN1C(=O)COc2ccc(Br)nc21. The lowest BCUT2D eigenvalue weighted by Crippen LogP contribution is -2.45. The lowest BCUT2D eigenvalue weighted by molar-refractivity contribution is -0.121. The van der Waals surface area contributed by atoms with E-state index in [-0.39, 0.29) is 18.6 Å². The maximum Gasteiger partial charge on any atom is 0.266 e. The van der Waals surface area contributed by atoms with Gasteiger partial charge < -0.3 is 10.5 Å². The number of amides is 1. The molecule has 1 unspecified atom stereocenters. The van der Waals surface area contributed by atoms with E-state index in [4.69, 9.17) is 10.5 Å². The van der Waals surface area contributed by atoms with Crippen molar-refractivity contribution >= 4 is 27.7 Å². The molecule has 1 aromatic heterocycles. The van der Waals surface area contributed by atoms with Crippen LogP contribution in [0.5, 0.6) is 5.75 Å². The Morgan fingerprint density at radius 1 is 1.65 bits per heavy atom. The maximum absolute atomic E-state index is 11.8. The molecule has 1 aliphatic heterocycles. The smallest absolute Gasteiger partial charge is 0.266 e. The first-order valence-electron chi connectivity index (χ1n) is 5.47. The summed E-state index contributed by atoms with van der Waals surface area (Å²) in [6.45, 7) is 2.51. The number of nitrogens with zero attached hydrogens (tertiary/aromatic N) is 2. The van der Waals surface area contributed by atoms with E-state index in [9.17, 15) is 4.79 Å². The van der Waals surface area contributed by atoms with Gasteiger partial charge in [-0.1, -0.05) is 6.92 Å². The summed E-state index contributed by atoms with van der Waals surface area (Å²) in [6, 6.07) is 3.53. The molecule has 1 aromatic rings. The van der Waals surface area contributed by atoms with Crippen LogP contribution in [-0.2, 0) is 4.79 Å². The van der Waals surface area contributed by atoms with Crippen molar-refractivity contribution < 1.29 is 9.53 Å². The summed E-state index contributed by atoms with van der Waals surface area (Å²) < 4.78 is 5.99. The average Bonchev–Trinajstić information content (AvgIpc) is 2.32. The van der Waals surface area contributed by atoms with Crippen LogP contribution in [0, 0.1) is 0 Å². The Labute approximate surface area is 108 Å². The second kappa shape index (κ2) is 5.01. The van der Waals surface area contributed by atoms with Crippen LogP contribution < -0.4 is 15.4 Å². The third kappa shape index (κ3) is 2.58. The normalized spacial score (nSPS) is 16.4. The first kappa shape index (κ1) is 12.3. The first-order chi connectivity index (χ1) is 8.11. The van der Waals surface area contributed by atoms with Crippen LogP contribution in [0.25, 0.3) is 0 Å². The molecule has 0 aromatic carbocycles. The highest BCUT2D eigenvalue weighted by molar-refractivity contribution is 9.10. The van der Waals surface area contributed by atoms with E-state index in [1.54, 1.807) is 17.0 Å². The molecular formula is C11H14BrN3O2. The van der Waals surface area contributed by atoms with E-state index in [1.807, 2.05) is 6.92 Å². The molecule has 2 heterocycles. The van der Waals surface area contributed by atoms with E-state index >= 15 is 0 Å². The number of aromatic nitrogens is 1. The van der Waals surface area contributed by atoms with Crippen molar-refractivity contribution in [3.63, 3.8) is 0 Å². The minimum absolute atomic E-state index is 0.0484. The highest BCUT2D eigenvalue weighted by Gasteiger charge is 2.28. The standard InChI is InChI=1S/C11H14BrN3O2/c1-2-7(13)5-15-10(16)6-17-8-3-4-9(12)14-11(8)15/h3-4,7H,2,5-6,13H2,1H3. The van der Waals surface area contributed by atoms with Gasteiger partial charge in [-0.25, -0.2) is 4.98 Å². The topological polar surface area (TPSA) is 68.5 Å². The zero-order chi connectivity index (χ0) is 12.4. The second-order valence-electron chi connectivity index (χ2n) is 3.92. The lowest BCUT2D eigenvalue weighted by Gasteiger charge is -2.29. The number of pyridine rings is 1. The minimum Gasteiger partial charge on any atom is -0.480 e. The Bertz CT molecular complexity index is 439. The van der Waals surface area contributed by atoms with Crippen molar-refractivity contribution in [2.45, 2.75) is 19.4 Å². The van der Waals surface area contributed by atoms with Gasteiger partial charge in [-0.2, -0.15) is 0 Å². The monoisotopic (exact) mass is 299 g/mol. The molecule has 6 heteroatoms. The summed E-state index contributed by atoms with van der Waals surface area (Å²) in [5.74, 6) is 1.06. The number of halogens is 1. The number of rotatable bonds is 3. The Kier molecular flexibility index (Phi) is 3.63. The van der Waals surface area contributed by atoms with Gasteiger partial charge in [-0.3, -0.25) is 9.69 Å². The fourth-order valence-corrected chi connectivity index (χ4v) is 1.91. The van der Waals surface area contributed by atoms with Gasteiger partial charge in [0, 0.05) is 12.6 Å². The summed E-state index contributed by atoms with van der Waals surface area (Å²) in [5, 5.41) is 0. The summed E-state index contributed by atoms with van der Waals surface area (Å²) in [7, 11) is 0. The van der Waals surface area contributed by atoms with Gasteiger partial charge in [0.05, 0.1) is 0 Å². The van der Waals surface area contributed by atoms with E-state index in [2.05, 4.69) is 20.9 Å². The van der Waals surface area contributed by atoms with Crippen LogP contribution >= 0.6 is 15.9 Å². The molecule has 1 aliphatic rings. The van der Waals surface area contributed by atoms with Gasteiger partial charge in [-0.05, 0) is 34.5 Å². The summed E-state index contributed by atoms with van der Waals surface area (Å²) in [6.07, 6.45) is 0.813. The Hall–Kier alpha value is -1.14. The van der Waals surface area contributed by atoms with Crippen LogP contribution in [0.2, 0.25) is 0 Å². The summed E-state index contributed by atoms with van der Waals surface area (Å²) in [5.41, 5.74) is 5.89. The number of anilines is 1. The molecule has 0 saturated carbocycles. The van der Waals surface area contributed by atoms with E-state index in [0.29, 0.717) is 22.7 Å². The highest BCUT2D eigenvalue weighted by atomic mass is 79.9. The molecule has 0 fully saturated rings. The van der Waals surface area contributed by atoms with Crippen LogP contribution in [0.4, 0.5) is 5.82 Å². The molecule has 5 nitrogen and oxygen atoms in total. The third-order valence-corrected chi connectivity index (χ3v) is 3.10. The van der Waals surface area contributed by atoms with Crippen molar-refractivity contribution in [2.75, 3.05) is 18.1 Å². The van der Waals surface area contributed by atoms with Gasteiger partial charge in [-0.15, -0.1) is 0 Å². The molecule has 2 N–H and O–H groups in total. The summed E-state index contributed by atoms with van der Waals surface area (Å²) in [4.78, 5) is 17.7. The predicted octanol–water partition coefficient (Wildman–Crippen LogP) is 1.31. The second-order valence-corrected chi connectivity index (χ2v) is 4.73. The quantitative estimate of drug-likeness (QED) is 0.855. The van der Waals surface area contributed by atoms with Crippen LogP contribution in [0.3, 0.4) is 0 Å². The molecule has 0 spiro atoms. The molecule has 2 rings (SSSR count). The summed E-state index contributed by atoms with van der Waals surface area (Å²) >= 11 is 3.29. The third-order valence-electron chi connectivity index (χ3n) is 2.65. The van der Waals surface area contributed by atoms with Crippen molar-refractivity contribution in [1.29, 1.82) is 0 Å². The number of hydrogen-bond acceptors (Lipinski definition) is 4. The Morgan fingerprint density at radius 3 is 3.12 bits per heavy atom. The minimum atomic E-state index is -0.105. The molecule has 0 bridgehead atoms. The van der Waals surface area contributed by atoms with E-state index in [1.165, 1.54) is 0 Å². The maximum atomic E-state index is 11.8. The van der Waals surface area contributed by atoms with Crippen molar-refractivity contribution in [2.24, 2.45) is 5.73 Å². The molecule has 1 amide bonds. The number of ether oxygens (including phenoxy) is 1. The molecule has 0 aliphatic carbocycles. The number of carbonyl (C=O) groups excluding carboxylic acids is 1. The number of fused-ring (bicyclic) bond motifs is 1. The number of hydrogen-bond donors (Lipinski definition) is 1. The zero-order valence-electron chi connectivity index (χ0n) is 9.52. The predicted molar refractivity (Wildman–Crippen MR) is 68.1 cm³/mol. The van der Waals surface area contributed by atoms with Crippen LogP contribution in [-0.4, -0.2) is 30.1 Å². The Morgan fingerprint density at radius 2 is 2.41 bits per heavy atom. The Balaban J connectivity index is 2.32. The highest BCUT2D eigenvalue weighted by Crippen LogP contribution is 2.31. The largest absolute Gasteiger partial charge is 0.480 e. The molecule has 92 valence electrons. The number of nitrogens with two attached hydrogens (primary N) is 1. The first-order valence-corrected chi connectivity index (χ1v) is 6.26. The fraction of sp³-hybridized carbons (Fsp3) is 0.455. The van der Waals surface area contributed by atoms with Gasteiger partial charge in [0.1, 0.15) is 4.60 Å². The van der Waals surface area contributed by atoms with E-state index < -0.39 is 0 Å². The average molecular weight is 300 g/mol. The molecule has 1 atom stereocenters. The van der Waals surface area contributed by atoms with Crippen molar-refractivity contribution in [3.05, 3.63) is 16.7 Å². The van der Waals surface area contributed by atoms with Crippen LogP contribution in [0.1, 0.15) is 13.3 Å². The number of carbonyl (C=O) groups is 1. The van der Waals surface area contributed by atoms with Gasteiger partial charge in [0.2, 0.25) is 0 Å². The zero-order valence-corrected chi connectivity index (χ0v) is 11.1. The van der Waals surface area contributed by atoms with Gasteiger partial charge >= 0.3 is 0 Å². The van der Waals surface area contributed by atoms with Crippen molar-refractivity contribution in [1.82, 2.24) is 4.98 Å². The molecule has 0 saturated heterocycles.